The molecule has 0 aromatic heterocycles. The Labute approximate surface area is 326 Å². The number of fused-ring (bicyclic) bond motifs is 1. The van der Waals surface area contributed by atoms with Gasteiger partial charge in [0.15, 0.2) is 0 Å². The zero-order valence-electron chi connectivity index (χ0n) is 33.6. The van der Waals surface area contributed by atoms with Gasteiger partial charge in [-0.25, -0.2) is 4.79 Å². The van der Waals surface area contributed by atoms with Crippen LogP contribution < -0.4 is 9.47 Å². The van der Waals surface area contributed by atoms with Crippen molar-refractivity contribution in [1.29, 1.82) is 0 Å². The fraction of sp³-hybridized carbons (Fsp3) is 0.510. The molecule has 0 aliphatic rings. The van der Waals surface area contributed by atoms with Gasteiger partial charge in [0.1, 0.15) is 11.5 Å². The summed E-state index contributed by atoms with van der Waals surface area (Å²) >= 11 is 0. The largest absolute Gasteiger partial charge is 0.494 e. The van der Waals surface area contributed by atoms with E-state index in [1.165, 1.54) is 89.9 Å². The van der Waals surface area contributed by atoms with Crippen LogP contribution in [0.5, 0.6) is 11.5 Å². The fourth-order valence-electron chi connectivity index (χ4n) is 6.91. The molecule has 0 unspecified atom stereocenters. The van der Waals surface area contributed by atoms with Crippen molar-refractivity contribution in [3.05, 3.63) is 96.1 Å². The highest BCUT2D eigenvalue weighted by Crippen LogP contribution is 2.28. The zero-order valence-corrected chi connectivity index (χ0v) is 33.6. The number of carbonyl (C=O) groups excluding carboxylic acids is 2. The van der Waals surface area contributed by atoms with E-state index in [-0.39, 0.29) is 11.9 Å². The van der Waals surface area contributed by atoms with E-state index in [1.807, 2.05) is 61.5 Å². The van der Waals surface area contributed by atoms with E-state index in [2.05, 4.69) is 26.0 Å². The van der Waals surface area contributed by atoms with Crippen LogP contribution in [0, 0.1) is 0 Å². The average molecular weight is 735 g/mol. The molecule has 54 heavy (non-hydrogen) atoms. The summed E-state index contributed by atoms with van der Waals surface area (Å²) in [7, 11) is 0. The van der Waals surface area contributed by atoms with Crippen molar-refractivity contribution in [2.75, 3.05) is 13.2 Å². The molecule has 5 nitrogen and oxygen atoms in total. The lowest BCUT2D eigenvalue weighted by Crippen LogP contribution is -2.14. The maximum Gasteiger partial charge on any atom is 0.343 e. The highest BCUT2D eigenvalue weighted by Gasteiger charge is 2.17. The average Bonchev–Trinajstić information content (AvgIpc) is 3.20. The number of carbonyl (C=O) groups is 2. The van der Waals surface area contributed by atoms with E-state index in [0.29, 0.717) is 17.9 Å². The van der Waals surface area contributed by atoms with E-state index in [4.69, 9.17) is 14.2 Å². The van der Waals surface area contributed by atoms with Crippen LogP contribution >= 0.6 is 0 Å². The second-order valence-corrected chi connectivity index (χ2v) is 15.0. The molecule has 0 amide bonds. The molecule has 1 atom stereocenters. The Kier molecular flexibility index (Phi) is 19.8. The first kappa shape index (κ1) is 42.6. The van der Waals surface area contributed by atoms with Crippen LogP contribution in [0.2, 0.25) is 0 Å². The maximum absolute atomic E-state index is 13.0. The minimum atomic E-state index is -0.407. The molecule has 292 valence electrons. The zero-order chi connectivity index (χ0) is 38.2. The van der Waals surface area contributed by atoms with Crippen molar-refractivity contribution >= 4 is 22.7 Å². The third-order valence-electron chi connectivity index (χ3n) is 10.5. The molecule has 4 rings (SSSR count). The molecule has 5 heteroatoms. The van der Waals surface area contributed by atoms with Gasteiger partial charge in [0.05, 0.1) is 24.7 Å². The van der Waals surface area contributed by atoms with Gasteiger partial charge in [-0.2, -0.15) is 0 Å². The molecule has 0 aliphatic carbocycles. The predicted octanol–water partition coefficient (Wildman–Crippen LogP) is 14.2. The Morgan fingerprint density at radius 2 is 0.963 bits per heavy atom. The van der Waals surface area contributed by atoms with Crippen LogP contribution in [-0.4, -0.2) is 25.2 Å². The molecular formula is C49H66O5. The summed E-state index contributed by atoms with van der Waals surface area (Å²) in [4.78, 5) is 25.6. The van der Waals surface area contributed by atoms with Crippen LogP contribution in [-0.2, 0) is 9.53 Å². The van der Waals surface area contributed by atoms with Gasteiger partial charge < -0.3 is 14.2 Å². The van der Waals surface area contributed by atoms with Gasteiger partial charge in [-0.1, -0.05) is 172 Å². The molecule has 0 fully saturated rings. The Hall–Kier alpha value is -4.12. The number of ether oxygens (including phenoxy) is 3. The molecule has 0 N–H and O–H groups in total. The molecule has 4 aromatic rings. The standard InChI is InChI=1S/C49H66O5/c1-4-6-8-10-11-12-13-14-15-16-17-18-19-20-22-35-52-46-32-29-41(30-33-46)40-23-25-42(26-24-40)49(51)54-47-34-31-44-37-43(27-28-45(44)38-47)39(3)48(50)53-36-21-9-7-5-2/h23-34,37-39H,4-22,35-36H2,1-3H3/t39-/m0/s1. The molecule has 0 radical (unpaired) electrons. The summed E-state index contributed by atoms with van der Waals surface area (Å²) in [6, 6.07) is 27.1. The van der Waals surface area contributed by atoms with Crippen LogP contribution in [0.3, 0.4) is 0 Å². The number of hydrogen-bond acceptors (Lipinski definition) is 5. The maximum atomic E-state index is 13.0. The molecule has 0 bridgehead atoms. The molecular weight excluding hydrogens is 669 g/mol. The van der Waals surface area contributed by atoms with Gasteiger partial charge in [0.25, 0.3) is 0 Å². The fourth-order valence-corrected chi connectivity index (χ4v) is 6.91. The summed E-state index contributed by atoms with van der Waals surface area (Å²) in [5.74, 6) is 0.412. The monoisotopic (exact) mass is 734 g/mol. The SMILES string of the molecule is CCCCCCCCCCCCCCCCCOc1ccc(-c2ccc(C(=O)Oc3ccc4cc([C@H](C)C(=O)OCCCCCC)ccc4c3)cc2)cc1. The minimum Gasteiger partial charge on any atom is -0.494 e. The summed E-state index contributed by atoms with van der Waals surface area (Å²) in [6.45, 7) is 7.55. The van der Waals surface area contributed by atoms with E-state index in [9.17, 15) is 9.59 Å². The highest BCUT2D eigenvalue weighted by atomic mass is 16.5. The summed E-state index contributed by atoms with van der Waals surface area (Å²) < 4.78 is 17.3. The van der Waals surface area contributed by atoms with Gasteiger partial charge in [0, 0.05) is 0 Å². The van der Waals surface area contributed by atoms with Crippen molar-refractivity contribution in [3.63, 3.8) is 0 Å². The number of esters is 2. The van der Waals surface area contributed by atoms with Gasteiger partial charge in [-0.3, -0.25) is 4.79 Å². The first-order chi connectivity index (χ1) is 26.5. The first-order valence-corrected chi connectivity index (χ1v) is 21.2. The third-order valence-corrected chi connectivity index (χ3v) is 10.5. The summed E-state index contributed by atoms with van der Waals surface area (Å²) in [6.07, 6.45) is 24.7. The molecule has 0 spiro atoms. The van der Waals surface area contributed by atoms with Crippen molar-refractivity contribution in [1.82, 2.24) is 0 Å². The van der Waals surface area contributed by atoms with Crippen LogP contribution in [0.25, 0.3) is 21.9 Å². The van der Waals surface area contributed by atoms with Gasteiger partial charge >= 0.3 is 11.9 Å². The van der Waals surface area contributed by atoms with Crippen LogP contribution in [0.15, 0.2) is 84.9 Å². The topological polar surface area (TPSA) is 61.8 Å². The molecule has 0 saturated heterocycles. The Bertz CT molecular complexity index is 1640. The molecule has 4 aromatic carbocycles. The quantitative estimate of drug-likeness (QED) is 0.0347. The van der Waals surface area contributed by atoms with Crippen molar-refractivity contribution < 1.29 is 23.8 Å². The lowest BCUT2D eigenvalue weighted by atomic mass is 9.98. The Morgan fingerprint density at radius 1 is 0.500 bits per heavy atom. The summed E-state index contributed by atoms with van der Waals surface area (Å²) in [5, 5.41) is 1.91. The second kappa shape index (κ2) is 25.1. The van der Waals surface area contributed by atoms with Gasteiger partial charge in [-0.15, -0.1) is 0 Å². The van der Waals surface area contributed by atoms with Crippen molar-refractivity contribution in [2.24, 2.45) is 0 Å². The normalized spacial score (nSPS) is 11.8. The lowest BCUT2D eigenvalue weighted by Gasteiger charge is -2.13. The molecule has 0 heterocycles. The predicted molar refractivity (Wildman–Crippen MR) is 225 cm³/mol. The summed E-state index contributed by atoms with van der Waals surface area (Å²) in [5.41, 5.74) is 3.48. The highest BCUT2D eigenvalue weighted by molar-refractivity contribution is 5.93. The van der Waals surface area contributed by atoms with Crippen molar-refractivity contribution in [3.8, 4) is 22.6 Å². The van der Waals surface area contributed by atoms with E-state index in [1.54, 1.807) is 18.2 Å². The third kappa shape index (κ3) is 15.3. The number of rotatable bonds is 27. The van der Waals surface area contributed by atoms with Gasteiger partial charge in [-0.05, 0) is 83.6 Å². The van der Waals surface area contributed by atoms with Crippen LogP contribution in [0.4, 0.5) is 0 Å². The van der Waals surface area contributed by atoms with Crippen LogP contribution in [0.1, 0.15) is 165 Å². The van der Waals surface area contributed by atoms with Crippen molar-refractivity contribution in [2.45, 2.75) is 149 Å². The van der Waals surface area contributed by atoms with E-state index in [0.717, 1.165) is 71.9 Å². The van der Waals surface area contributed by atoms with Gasteiger partial charge in [0.2, 0.25) is 0 Å². The number of benzene rings is 4. The number of hydrogen-bond donors (Lipinski definition) is 0. The Balaban J connectivity index is 1.12. The first-order valence-electron chi connectivity index (χ1n) is 21.2. The minimum absolute atomic E-state index is 0.200. The van der Waals surface area contributed by atoms with E-state index < -0.39 is 5.97 Å². The lowest BCUT2D eigenvalue weighted by molar-refractivity contribution is -0.145. The number of unbranched alkanes of at least 4 members (excludes halogenated alkanes) is 17. The smallest absolute Gasteiger partial charge is 0.343 e. The van der Waals surface area contributed by atoms with E-state index >= 15 is 0 Å². The Morgan fingerprint density at radius 3 is 1.56 bits per heavy atom. The molecule has 0 saturated carbocycles. The molecule has 0 aliphatic heterocycles. The second-order valence-electron chi connectivity index (χ2n) is 15.0.